The topological polar surface area (TPSA) is 103 Å². The highest BCUT2D eigenvalue weighted by Crippen LogP contribution is 2.44. The minimum atomic E-state index is -4.65. The number of benzene rings is 1. The van der Waals surface area contributed by atoms with Gasteiger partial charge in [0.25, 0.3) is 10.0 Å². The maximum atomic E-state index is 14.0. The van der Waals surface area contributed by atoms with E-state index in [1.54, 1.807) is 13.0 Å². The molecule has 9 nitrogen and oxygen atoms in total. The molecule has 13 heteroatoms. The van der Waals surface area contributed by atoms with Crippen LogP contribution in [0.5, 0.6) is 0 Å². The van der Waals surface area contributed by atoms with Crippen molar-refractivity contribution in [1.29, 1.82) is 0 Å². The average molecular weight is 570 g/mol. The van der Waals surface area contributed by atoms with E-state index in [-0.39, 0.29) is 41.2 Å². The highest BCUT2D eigenvalue weighted by atomic mass is 32.2. The molecule has 1 atom stereocenters. The molecule has 3 aliphatic rings. The summed E-state index contributed by atoms with van der Waals surface area (Å²) in [5, 5.41) is 5.30. The number of aliphatic imine (C=N–C) groups is 1. The highest BCUT2D eigenvalue weighted by Gasteiger charge is 2.53. The molecule has 0 radical (unpaired) electrons. The summed E-state index contributed by atoms with van der Waals surface area (Å²) in [7, 11) is -2.68. The molecule has 2 heterocycles. The Labute approximate surface area is 226 Å². The van der Waals surface area contributed by atoms with E-state index in [1.165, 1.54) is 42.3 Å². The Kier molecular flexibility index (Phi) is 8.04. The van der Waals surface area contributed by atoms with Gasteiger partial charge in [-0.15, -0.1) is 0 Å². The number of urea groups is 1. The Balaban J connectivity index is 1.55. The molecule has 1 aliphatic carbocycles. The van der Waals surface area contributed by atoms with Crippen molar-refractivity contribution in [2.24, 2.45) is 10.9 Å². The number of carbonyl (C=O) groups is 1. The minimum absolute atomic E-state index is 0.0282. The lowest BCUT2D eigenvalue weighted by Gasteiger charge is -2.42. The van der Waals surface area contributed by atoms with Gasteiger partial charge in [0.1, 0.15) is 0 Å². The number of allylic oxidation sites excluding steroid dienone is 1. The molecule has 2 amide bonds. The molecule has 0 bridgehead atoms. The predicted octanol–water partition coefficient (Wildman–Crippen LogP) is 4.47. The smallest absolute Gasteiger partial charge is 0.381 e. The number of nitrogens with one attached hydrogen (secondary N) is 2. The number of sulfonamides is 1. The fourth-order valence-corrected chi connectivity index (χ4v) is 6.12. The number of rotatable bonds is 7. The number of hydrogen-bond donors (Lipinski definition) is 2. The number of anilines is 1. The summed E-state index contributed by atoms with van der Waals surface area (Å²) in [5.41, 5.74) is -0.216. The summed E-state index contributed by atoms with van der Waals surface area (Å²) in [6.45, 7) is 6.57. The molecule has 1 aromatic carbocycles. The number of ether oxygens (including phenoxy) is 1. The number of fused-ring (bicyclic) bond motifs is 1. The number of halogens is 3. The van der Waals surface area contributed by atoms with Gasteiger partial charge in [-0.25, -0.2) is 18.2 Å². The van der Waals surface area contributed by atoms with E-state index in [1.807, 2.05) is 13.8 Å². The van der Waals surface area contributed by atoms with Crippen LogP contribution in [0.1, 0.15) is 40.0 Å². The highest BCUT2D eigenvalue weighted by molar-refractivity contribution is 7.89. The Morgan fingerprint density at radius 3 is 2.46 bits per heavy atom. The summed E-state index contributed by atoms with van der Waals surface area (Å²) >= 11 is 0. The molecule has 1 saturated heterocycles. The maximum absolute atomic E-state index is 14.0. The SMILES string of the molecule is CC(C)NC(=O)Nc1ccc(S(=O)(=O)N(C)C2=CCC3(C)C(=C2)N=C(C(F)(F)F)N3CC2CCOCC2)cc1. The fraction of sp³-hybridized carbons (Fsp3) is 0.538. The van der Waals surface area contributed by atoms with E-state index in [0.717, 1.165) is 4.31 Å². The van der Waals surface area contributed by atoms with Crippen LogP contribution in [-0.2, 0) is 14.8 Å². The van der Waals surface area contributed by atoms with Crippen LogP contribution in [0.4, 0.5) is 23.7 Å². The largest absolute Gasteiger partial charge is 0.449 e. The van der Waals surface area contributed by atoms with Crippen LogP contribution in [0.3, 0.4) is 0 Å². The molecular formula is C26H34F3N5O4S. The summed E-state index contributed by atoms with van der Waals surface area (Å²) < 4.78 is 75.2. The van der Waals surface area contributed by atoms with Gasteiger partial charge in [0, 0.05) is 44.2 Å². The maximum Gasteiger partial charge on any atom is 0.449 e. The van der Waals surface area contributed by atoms with Crippen molar-refractivity contribution < 1.29 is 31.1 Å². The normalized spacial score (nSPS) is 22.2. The Hall–Kier alpha value is -3.06. The zero-order chi connectivity index (χ0) is 28.6. The van der Waals surface area contributed by atoms with Crippen LogP contribution in [0.2, 0.25) is 0 Å². The van der Waals surface area contributed by atoms with Crippen molar-refractivity contribution in [2.45, 2.75) is 62.7 Å². The van der Waals surface area contributed by atoms with E-state index in [4.69, 9.17) is 4.74 Å². The molecule has 2 aliphatic heterocycles. The van der Waals surface area contributed by atoms with Gasteiger partial charge < -0.3 is 20.3 Å². The summed E-state index contributed by atoms with van der Waals surface area (Å²) in [5.74, 6) is -0.905. The second-order valence-corrected chi connectivity index (χ2v) is 12.5. The van der Waals surface area contributed by atoms with Crippen LogP contribution in [-0.4, -0.2) is 74.1 Å². The number of hydrogen-bond acceptors (Lipinski definition) is 6. The van der Waals surface area contributed by atoms with Gasteiger partial charge in [-0.1, -0.05) is 6.08 Å². The van der Waals surface area contributed by atoms with E-state index >= 15 is 0 Å². The first-order chi connectivity index (χ1) is 18.2. The van der Waals surface area contributed by atoms with E-state index in [9.17, 15) is 26.4 Å². The first kappa shape index (κ1) is 28.9. The fourth-order valence-electron chi connectivity index (χ4n) is 4.92. The molecule has 2 N–H and O–H groups in total. The minimum Gasteiger partial charge on any atom is -0.381 e. The third-order valence-corrected chi connectivity index (χ3v) is 9.01. The summed E-state index contributed by atoms with van der Waals surface area (Å²) in [6, 6.07) is 5.18. The second kappa shape index (κ2) is 10.8. The Morgan fingerprint density at radius 2 is 1.87 bits per heavy atom. The van der Waals surface area contributed by atoms with Gasteiger partial charge >= 0.3 is 12.2 Å². The van der Waals surface area contributed by atoms with Gasteiger partial charge in [0.2, 0.25) is 5.84 Å². The monoisotopic (exact) mass is 569 g/mol. The lowest BCUT2D eigenvalue weighted by atomic mass is 9.86. The predicted molar refractivity (Wildman–Crippen MR) is 142 cm³/mol. The number of alkyl halides is 3. The van der Waals surface area contributed by atoms with E-state index in [2.05, 4.69) is 15.6 Å². The lowest BCUT2D eigenvalue weighted by molar-refractivity contribution is -0.0720. The second-order valence-electron chi connectivity index (χ2n) is 10.5. The third-order valence-electron chi connectivity index (χ3n) is 7.21. The molecule has 0 saturated carbocycles. The van der Waals surface area contributed by atoms with Crippen LogP contribution in [0.25, 0.3) is 0 Å². The standard InChI is InChI=1S/C26H34F3N5O4S/c1-17(2)30-24(35)31-19-5-7-21(8-6-19)39(36,37)33(4)20-9-12-25(3)22(15-20)32-23(26(27,28)29)34(25)16-18-10-13-38-14-11-18/h5-9,15,17-18H,10-14,16H2,1-4H3,(H2,30,31,35). The number of nitrogens with zero attached hydrogens (tertiary/aromatic N) is 3. The zero-order valence-electron chi connectivity index (χ0n) is 22.4. The number of amidine groups is 1. The molecule has 0 aromatic heterocycles. The van der Waals surface area contributed by atoms with Gasteiger partial charge in [-0.2, -0.15) is 13.2 Å². The molecule has 1 aromatic rings. The Morgan fingerprint density at radius 1 is 1.23 bits per heavy atom. The van der Waals surface area contributed by atoms with Crippen LogP contribution < -0.4 is 10.6 Å². The van der Waals surface area contributed by atoms with Crippen LogP contribution in [0, 0.1) is 5.92 Å². The van der Waals surface area contributed by atoms with Crippen molar-refractivity contribution in [3.8, 4) is 0 Å². The van der Waals surface area contributed by atoms with Gasteiger partial charge in [-0.05, 0) is 76.3 Å². The summed E-state index contributed by atoms with van der Waals surface area (Å²) in [6.07, 6.45) is -0.0758. The Bertz CT molecular complexity index is 1290. The van der Waals surface area contributed by atoms with Crippen molar-refractivity contribution in [1.82, 2.24) is 14.5 Å². The zero-order valence-corrected chi connectivity index (χ0v) is 23.2. The lowest BCUT2D eigenvalue weighted by Crippen LogP contribution is -2.53. The first-order valence-electron chi connectivity index (χ1n) is 12.8. The van der Waals surface area contributed by atoms with Crippen molar-refractivity contribution >= 4 is 27.6 Å². The average Bonchev–Trinajstić information content (AvgIpc) is 3.15. The first-order valence-corrected chi connectivity index (χ1v) is 14.3. The molecule has 4 rings (SSSR count). The third kappa shape index (κ3) is 6.08. The molecular weight excluding hydrogens is 535 g/mol. The van der Waals surface area contributed by atoms with E-state index in [0.29, 0.717) is 31.7 Å². The van der Waals surface area contributed by atoms with Gasteiger partial charge in [0.15, 0.2) is 0 Å². The molecule has 214 valence electrons. The van der Waals surface area contributed by atoms with Gasteiger partial charge in [-0.3, -0.25) is 4.31 Å². The van der Waals surface area contributed by atoms with Crippen LogP contribution in [0.15, 0.2) is 57.7 Å². The number of amides is 2. The van der Waals surface area contributed by atoms with E-state index < -0.39 is 33.6 Å². The molecule has 39 heavy (non-hydrogen) atoms. The van der Waals surface area contributed by atoms with Crippen molar-refractivity contribution in [3.05, 3.63) is 47.8 Å². The van der Waals surface area contributed by atoms with Crippen molar-refractivity contribution in [3.63, 3.8) is 0 Å². The van der Waals surface area contributed by atoms with Crippen LogP contribution >= 0.6 is 0 Å². The van der Waals surface area contributed by atoms with Gasteiger partial charge in [0.05, 0.1) is 16.1 Å². The number of carbonyl (C=O) groups excluding carboxylic acids is 1. The quantitative estimate of drug-likeness (QED) is 0.505. The molecule has 0 spiro atoms. The molecule has 1 fully saturated rings. The van der Waals surface area contributed by atoms with Crippen molar-refractivity contribution in [2.75, 3.05) is 32.1 Å². The number of likely N-dealkylation sites (N-methyl/N-ethyl adjacent to an activating group) is 1. The molecule has 1 unspecified atom stereocenters. The summed E-state index contributed by atoms with van der Waals surface area (Å²) in [4.78, 5) is 17.2.